The second-order valence-corrected chi connectivity index (χ2v) is 5.11. The predicted molar refractivity (Wildman–Crippen MR) is 77.8 cm³/mol. The number of imide groups is 1. The maximum absolute atomic E-state index is 12.2. The van der Waals surface area contributed by atoms with Gasteiger partial charge in [0.1, 0.15) is 0 Å². The summed E-state index contributed by atoms with van der Waals surface area (Å²) in [6.07, 6.45) is 4.98. The van der Waals surface area contributed by atoms with Gasteiger partial charge >= 0.3 is 0 Å². The molecule has 0 aliphatic carbocycles. The third-order valence-corrected chi connectivity index (χ3v) is 3.79. The highest BCUT2D eigenvalue weighted by molar-refractivity contribution is 6.21. The fourth-order valence-electron chi connectivity index (χ4n) is 2.58. The van der Waals surface area contributed by atoms with Crippen molar-refractivity contribution in [2.45, 2.75) is 19.9 Å². The minimum absolute atomic E-state index is 0.192. The Hall–Kier alpha value is -2.49. The molecule has 2 aromatic rings. The smallest absolute Gasteiger partial charge is 0.261 e. The Bertz CT molecular complexity index is 674. The molecule has 0 saturated carbocycles. The molecular weight excluding hydrogens is 264 g/mol. The molecule has 0 unspecified atom stereocenters. The van der Waals surface area contributed by atoms with Gasteiger partial charge in [-0.1, -0.05) is 19.1 Å². The number of amides is 2. The number of carbonyl (C=O) groups excluding carboxylic acids is 2. The molecule has 0 spiro atoms. The predicted octanol–water partition coefficient (Wildman–Crippen LogP) is 1.83. The first kappa shape index (κ1) is 13.5. The fourth-order valence-corrected chi connectivity index (χ4v) is 2.58. The topological polar surface area (TPSA) is 41.3 Å². The average Bonchev–Trinajstić information content (AvgIpc) is 2.78. The number of pyridine rings is 1. The van der Waals surface area contributed by atoms with Gasteiger partial charge in [0.25, 0.3) is 11.8 Å². The Morgan fingerprint density at radius 2 is 1.67 bits per heavy atom. The summed E-state index contributed by atoms with van der Waals surface area (Å²) in [6, 6.07) is 11.0. The molecule has 1 aliphatic rings. The number of carbonyl (C=O) groups is 2. The van der Waals surface area contributed by atoms with Crippen LogP contribution in [0.2, 0.25) is 0 Å². The van der Waals surface area contributed by atoms with E-state index in [-0.39, 0.29) is 11.8 Å². The zero-order chi connectivity index (χ0) is 14.8. The van der Waals surface area contributed by atoms with Crippen LogP contribution in [0.1, 0.15) is 33.2 Å². The van der Waals surface area contributed by atoms with Crippen molar-refractivity contribution in [3.05, 3.63) is 65.5 Å². The number of hydrogen-bond donors (Lipinski definition) is 0. The van der Waals surface area contributed by atoms with Crippen molar-refractivity contribution in [2.75, 3.05) is 6.54 Å². The van der Waals surface area contributed by atoms with E-state index >= 15 is 0 Å². The largest absolute Gasteiger partial charge is 0.269 e. The number of nitrogens with zero attached hydrogens (tertiary/aromatic N) is 2. The lowest BCUT2D eigenvalue weighted by atomic mass is 10.1. The van der Waals surface area contributed by atoms with Gasteiger partial charge in [-0.25, -0.2) is 4.57 Å². The van der Waals surface area contributed by atoms with Crippen LogP contribution in [-0.4, -0.2) is 23.3 Å². The summed E-state index contributed by atoms with van der Waals surface area (Å²) in [6.45, 7) is 3.10. The van der Waals surface area contributed by atoms with Gasteiger partial charge in [0.2, 0.25) is 0 Å². The molecule has 1 aromatic carbocycles. The Balaban J connectivity index is 1.75. The van der Waals surface area contributed by atoms with Gasteiger partial charge in [0.15, 0.2) is 18.9 Å². The monoisotopic (exact) mass is 281 g/mol. The van der Waals surface area contributed by atoms with Crippen LogP contribution in [0, 0.1) is 0 Å². The first-order valence-electron chi connectivity index (χ1n) is 7.14. The van der Waals surface area contributed by atoms with E-state index in [1.54, 1.807) is 24.3 Å². The molecule has 0 fully saturated rings. The molecule has 0 radical (unpaired) electrons. The second-order valence-electron chi connectivity index (χ2n) is 5.11. The van der Waals surface area contributed by atoms with Crippen molar-refractivity contribution >= 4 is 11.8 Å². The molecule has 0 saturated heterocycles. The van der Waals surface area contributed by atoms with E-state index < -0.39 is 0 Å². The normalized spacial score (nSPS) is 13.7. The Kier molecular flexibility index (Phi) is 3.52. The summed E-state index contributed by atoms with van der Waals surface area (Å²) in [5, 5.41) is 0. The van der Waals surface area contributed by atoms with Gasteiger partial charge in [0, 0.05) is 11.6 Å². The number of fused-ring (bicyclic) bond motifs is 1. The van der Waals surface area contributed by atoms with Crippen LogP contribution in [0.5, 0.6) is 0 Å². The van der Waals surface area contributed by atoms with E-state index in [9.17, 15) is 9.59 Å². The Morgan fingerprint density at radius 1 is 1.00 bits per heavy atom. The molecule has 2 amide bonds. The molecule has 1 aromatic heterocycles. The van der Waals surface area contributed by atoms with Crippen LogP contribution < -0.4 is 4.57 Å². The van der Waals surface area contributed by atoms with Gasteiger partial charge in [-0.05, 0) is 24.6 Å². The summed E-state index contributed by atoms with van der Waals surface area (Å²) in [4.78, 5) is 25.8. The van der Waals surface area contributed by atoms with Crippen LogP contribution in [0.3, 0.4) is 0 Å². The molecule has 21 heavy (non-hydrogen) atoms. The number of aryl methyl sites for hydroxylation is 1. The molecule has 4 heteroatoms. The lowest BCUT2D eigenvalue weighted by molar-refractivity contribution is -0.696. The third kappa shape index (κ3) is 2.44. The maximum Gasteiger partial charge on any atom is 0.261 e. The summed E-state index contributed by atoms with van der Waals surface area (Å²) >= 11 is 0. The molecule has 1 aliphatic heterocycles. The molecular formula is C17H17N2O2+. The van der Waals surface area contributed by atoms with Gasteiger partial charge in [-0.15, -0.1) is 0 Å². The Morgan fingerprint density at radius 3 is 2.29 bits per heavy atom. The quantitative estimate of drug-likeness (QED) is 0.634. The van der Waals surface area contributed by atoms with Crippen LogP contribution in [-0.2, 0) is 13.0 Å². The maximum atomic E-state index is 12.2. The van der Waals surface area contributed by atoms with Crippen molar-refractivity contribution < 1.29 is 14.2 Å². The number of hydrogen-bond acceptors (Lipinski definition) is 2. The van der Waals surface area contributed by atoms with Crippen molar-refractivity contribution in [1.29, 1.82) is 0 Å². The summed E-state index contributed by atoms with van der Waals surface area (Å²) in [5.74, 6) is -0.384. The van der Waals surface area contributed by atoms with Crippen molar-refractivity contribution in [2.24, 2.45) is 0 Å². The first-order chi connectivity index (χ1) is 10.2. The summed E-state index contributed by atoms with van der Waals surface area (Å²) in [7, 11) is 0. The minimum Gasteiger partial charge on any atom is -0.269 e. The number of rotatable bonds is 4. The first-order valence-corrected chi connectivity index (χ1v) is 7.14. The van der Waals surface area contributed by atoms with Gasteiger partial charge in [-0.3, -0.25) is 14.5 Å². The van der Waals surface area contributed by atoms with Gasteiger partial charge < -0.3 is 0 Å². The van der Waals surface area contributed by atoms with E-state index in [4.69, 9.17) is 0 Å². The molecule has 0 N–H and O–H groups in total. The second kappa shape index (κ2) is 5.48. The number of benzene rings is 1. The fraction of sp³-hybridized carbons (Fsp3) is 0.235. The van der Waals surface area contributed by atoms with Gasteiger partial charge in [-0.2, -0.15) is 0 Å². The van der Waals surface area contributed by atoms with Crippen LogP contribution in [0.4, 0.5) is 0 Å². The molecule has 0 atom stereocenters. The van der Waals surface area contributed by atoms with Crippen molar-refractivity contribution in [3.63, 3.8) is 0 Å². The zero-order valence-electron chi connectivity index (χ0n) is 12.0. The summed E-state index contributed by atoms with van der Waals surface area (Å²) in [5.41, 5.74) is 2.25. The standard InChI is InChI=1S/C17H17N2O2/c1-2-13-6-5-9-18(12-13)10-11-19-16(20)14-7-3-4-8-15(14)17(19)21/h3-9,12H,2,10-11H2,1H3/q+1. The molecule has 0 bridgehead atoms. The average molecular weight is 281 g/mol. The highest BCUT2D eigenvalue weighted by Gasteiger charge is 2.35. The molecule has 3 rings (SSSR count). The zero-order valence-corrected chi connectivity index (χ0v) is 12.0. The van der Waals surface area contributed by atoms with Crippen LogP contribution in [0.15, 0.2) is 48.8 Å². The van der Waals surface area contributed by atoms with E-state index in [0.717, 1.165) is 6.42 Å². The van der Waals surface area contributed by atoms with E-state index in [0.29, 0.717) is 24.2 Å². The van der Waals surface area contributed by atoms with Gasteiger partial charge in [0.05, 0.1) is 17.7 Å². The highest BCUT2D eigenvalue weighted by atomic mass is 16.2. The SMILES string of the molecule is CCc1ccc[n+](CCN2C(=O)c3ccccc3C2=O)c1. The van der Waals surface area contributed by atoms with Crippen molar-refractivity contribution in [3.8, 4) is 0 Å². The lowest BCUT2D eigenvalue weighted by Gasteiger charge is -2.11. The van der Waals surface area contributed by atoms with E-state index in [1.807, 2.05) is 16.8 Å². The number of aromatic nitrogens is 1. The highest BCUT2D eigenvalue weighted by Crippen LogP contribution is 2.21. The third-order valence-electron chi connectivity index (χ3n) is 3.79. The summed E-state index contributed by atoms with van der Waals surface area (Å²) < 4.78 is 2.02. The molecule has 2 heterocycles. The van der Waals surface area contributed by atoms with Crippen LogP contribution >= 0.6 is 0 Å². The Labute approximate surface area is 123 Å². The molecule has 4 nitrogen and oxygen atoms in total. The van der Waals surface area contributed by atoms with Crippen LogP contribution in [0.25, 0.3) is 0 Å². The van der Waals surface area contributed by atoms with E-state index in [2.05, 4.69) is 19.2 Å². The van der Waals surface area contributed by atoms with E-state index in [1.165, 1.54) is 10.5 Å². The molecule has 106 valence electrons. The minimum atomic E-state index is -0.192. The lowest BCUT2D eigenvalue weighted by Crippen LogP contribution is -2.42. The van der Waals surface area contributed by atoms with Crippen molar-refractivity contribution in [1.82, 2.24) is 4.90 Å².